The Morgan fingerprint density at radius 3 is 2.45 bits per heavy atom. The third kappa shape index (κ3) is 4.37. The van der Waals surface area contributed by atoms with Crippen LogP contribution >= 0.6 is 11.8 Å². The minimum atomic E-state index is 0.107. The van der Waals surface area contributed by atoms with Gasteiger partial charge in [-0.2, -0.15) is 0 Å². The smallest absolute Gasteiger partial charge is 0.230 e. The van der Waals surface area contributed by atoms with Crippen LogP contribution < -0.4 is 5.32 Å². The summed E-state index contributed by atoms with van der Waals surface area (Å²) in [5, 5.41) is 3.07. The largest absolute Gasteiger partial charge is 0.353 e. The number of amides is 1. The zero-order chi connectivity index (χ0) is 14.4. The van der Waals surface area contributed by atoms with Crippen LogP contribution in [0.5, 0.6) is 0 Å². The van der Waals surface area contributed by atoms with E-state index in [9.17, 15) is 9.59 Å². The number of nitrogens with one attached hydrogen (secondary N) is 1. The molecule has 108 valence electrons. The molecule has 0 aromatic heterocycles. The Morgan fingerprint density at radius 2 is 1.85 bits per heavy atom. The van der Waals surface area contributed by atoms with Crippen LogP contribution in [-0.4, -0.2) is 23.5 Å². The van der Waals surface area contributed by atoms with E-state index in [0.29, 0.717) is 18.2 Å². The summed E-state index contributed by atoms with van der Waals surface area (Å²) in [5.41, 5.74) is 0.743. The number of rotatable bonds is 6. The van der Waals surface area contributed by atoms with Gasteiger partial charge in [0.25, 0.3) is 0 Å². The molecule has 1 aliphatic rings. The van der Waals surface area contributed by atoms with Crippen molar-refractivity contribution in [2.75, 3.05) is 5.75 Å². The molecule has 0 aliphatic heterocycles. The van der Waals surface area contributed by atoms with Gasteiger partial charge in [-0.15, -0.1) is 11.8 Å². The van der Waals surface area contributed by atoms with Gasteiger partial charge >= 0.3 is 0 Å². The summed E-state index contributed by atoms with van der Waals surface area (Å²) in [4.78, 5) is 24.3. The van der Waals surface area contributed by atoms with Gasteiger partial charge in [-0.25, -0.2) is 0 Å². The molecule has 1 aliphatic carbocycles. The molecule has 0 saturated heterocycles. The molecular formula is C16H21NO2S. The Morgan fingerprint density at radius 1 is 1.20 bits per heavy atom. The van der Waals surface area contributed by atoms with E-state index >= 15 is 0 Å². The maximum absolute atomic E-state index is 11.8. The summed E-state index contributed by atoms with van der Waals surface area (Å²) >= 11 is 1.52. The zero-order valence-corrected chi connectivity index (χ0v) is 12.7. The molecule has 1 saturated carbocycles. The first-order valence-electron chi connectivity index (χ1n) is 7.24. The maximum atomic E-state index is 11.8. The molecule has 0 atom stereocenters. The van der Waals surface area contributed by atoms with Gasteiger partial charge in [0.05, 0.1) is 5.75 Å². The van der Waals surface area contributed by atoms with Gasteiger partial charge in [-0.05, 0) is 25.0 Å². The molecule has 0 unspecified atom stereocenters. The zero-order valence-electron chi connectivity index (χ0n) is 11.9. The topological polar surface area (TPSA) is 46.2 Å². The lowest BCUT2D eigenvalue weighted by molar-refractivity contribution is -0.119. The molecule has 1 amide bonds. The second-order valence-corrected chi connectivity index (χ2v) is 6.19. The Labute approximate surface area is 124 Å². The Bertz CT molecular complexity index is 464. The summed E-state index contributed by atoms with van der Waals surface area (Å²) in [6.45, 7) is 1.86. The van der Waals surface area contributed by atoms with Crippen molar-refractivity contribution in [3.8, 4) is 0 Å². The van der Waals surface area contributed by atoms with Crippen LogP contribution in [0.2, 0.25) is 0 Å². The number of carbonyl (C=O) groups is 2. The first kappa shape index (κ1) is 15.1. The van der Waals surface area contributed by atoms with E-state index in [1.54, 1.807) is 0 Å². The highest BCUT2D eigenvalue weighted by Crippen LogP contribution is 2.20. The fraction of sp³-hybridized carbons (Fsp3) is 0.500. The van der Waals surface area contributed by atoms with Gasteiger partial charge in [0, 0.05) is 22.9 Å². The summed E-state index contributed by atoms with van der Waals surface area (Å²) in [6, 6.07) is 7.88. The molecule has 2 rings (SSSR count). The third-order valence-corrected chi connectivity index (χ3v) is 4.60. The number of benzene rings is 1. The van der Waals surface area contributed by atoms with Crippen LogP contribution in [0.15, 0.2) is 29.2 Å². The molecule has 1 aromatic rings. The second kappa shape index (κ2) is 7.48. The van der Waals surface area contributed by atoms with Gasteiger partial charge < -0.3 is 5.32 Å². The molecule has 1 aromatic carbocycles. The van der Waals surface area contributed by atoms with E-state index in [1.165, 1.54) is 24.6 Å². The molecule has 20 heavy (non-hydrogen) atoms. The normalized spacial score (nSPS) is 15.2. The molecule has 0 radical (unpaired) electrons. The van der Waals surface area contributed by atoms with E-state index in [0.717, 1.165) is 23.3 Å². The number of hydrogen-bond acceptors (Lipinski definition) is 3. The van der Waals surface area contributed by atoms with Gasteiger partial charge in [0.1, 0.15) is 0 Å². The van der Waals surface area contributed by atoms with Crippen LogP contribution in [0, 0.1) is 0 Å². The van der Waals surface area contributed by atoms with E-state index in [-0.39, 0.29) is 11.7 Å². The van der Waals surface area contributed by atoms with E-state index in [1.807, 2.05) is 31.2 Å². The molecule has 0 bridgehead atoms. The van der Waals surface area contributed by atoms with Crippen molar-refractivity contribution in [2.45, 2.75) is 50.0 Å². The highest BCUT2D eigenvalue weighted by atomic mass is 32.2. The SMILES string of the molecule is CCC(=O)c1ccc(SCC(=O)NC2CCCC2)cc1. The average molecular weight is 291 g/mol. The monoisotopic (exact) mass is 291 g/mol. The minimum Gasteiger partial charge on any atom is -0.353 e. The van der Waals surface area contributed by atoms with Crippen molar-refractivity contribution >= 4 is 23.5 Å². The van der Waals surface area contributed by atoms with Gasteiger partial charge in [-0.3, -0.25) is 9.59 Å². The molecule has 4 heteroatoms. The van der Waals surface area contributed by atoms with Crippen molar-refractivity contribution in [1.82, 2.24) is 5.32 Å². The Kier molecular flexibility index (Phi) is 5.65. The molecule has 3 nitrogen and oxygen atoms in total. The fourth-order valence-electron chi connectivity index (χ4n) is 2.43. The van der Waals surface area contributed by atoms with E-state index in [2.05, 4.69) is 5.32 Å². The third-order valence-electron chi connectivity index (χ3n) is 3.59. The lowest BCUT2D eigenvalue weighted by atomic mass is 10.1. The van der Waals surface area contributed by atoms with E-state index in [4.69, 9.17) is 0 Å². The highest BCUT2D eigenvalue weighted by Gasteiger charge is 2.16. The van der Waals surface area contributed by atoms with Crippen LogP contribution in [0.25, 0.3) is 0 Å². The number of thioether (sulfide) groups is 1. The summed E-state index contributed by atoms with van der Waals surface area (Å²) in [6.07, 6.45) is 5.21. The highest BCUT2D eigenvalue weighted by molar-refractivity contribution is 8.00. The van der Waals surface area contributed by atoms with Crippen molar-refractivity contribution in [2.24, 2.45) is 0 Å². The minimum absolute atomic E-state index is 0.107. The maximum Gasteiger partial charge on any atom is 0.230 e. The first-order valence-corrected chi connectivity index (χ1v) is 8.23. The first-order chi connectivity index (χ1) is 9.69. The van der Waals surface area contributed by atoms with Crippen molar-refractivity contribution in [3.05, 3.63) is 29.8 Å². The van der Waals surface area contributed by atoms with Gasteiger partial charge in [0.2, 0.25) is 5.91 Å². The predicted octanol–water partition coefficient (Wildman–Crippen LogP) is 3.43. The lowest BCUT2D eigenvalue weighted by Crippen LogP contribution is -2.33. The van der Waals surface area contributed by atoms with Crippen LogP contribution in [0.4, 0.5) is 0 Å². The summed E-state index contributed by atoms with van der Waals surface area (Å²) in [5.74, 6) is 0.702. The average Bonchev–Trinajstić information content (AvgIpc) is 2.97. The summed E-state index contributed by atoms with van der Waals surface area (Å²) < 4.78 is 0. The predicted molar refractivity (Wildman–Crippen MR) is 82.2 cm³/mol. The molecule has 0 spiro atoms. The second-order valence-electron chi connectivity index (χ2n) is 5.14. The van der Waals surface area contributed by atoms with Gasteiger partial charge in [0.15, 0.2) is 5.78 Å². The molecule has 0 heterocycles. The number of ketones is 1. The Hall–Kier alpha value is -1.29. The Balaban J connectivity index is 1.78. The van der Waals surface area contributed by atoms with Crippen molar-refractivity contribution in [1.29, 1.82) is 0 Å². The molecule has 1 N–H and O–H groups in total. The lowest BCUT2D eigenvalue weighted by Gasteiger charge is -2.11. The number of hydrogen-bond donors (Lipinski definition) is 1. The van der Waals surface area contributed by atoms with Crippen LogP contribution in [-0.2, 0) is 4.79 Å². The number of Topliss-reactive ketones (excluding diaryl/α,β-unsaturated/α-hetero) is 1. The summed E-state index contributed by atoms with van der Waals surface area (Å²) in [7, 11) is 0. The van der Waals surface area contributed by atoms with Crippen LogP contribution in [0.1, 0.15) is 49.4 Å². The standard InChI is InChI=1S/C16H21NO2S/c1-2-15(18)12-7-9-14(10-8-12)20-11-16(19)17-13-5-3-4-6-13/h7-10,13H,2-6,11H2,1H3,(H,17,19). The van der Waals surface area contributed by atoms with Crippen LogP contribution in [0.3, 0.4) is 0 Å². The van der Waals surface area contributed by atoms with Crippen molar-refractivity contribution < 1.29 is 9.59 Å². The quantitative estimate of drug-likeness (QED) is 0.645. The molecular weight excluding hydrogens is 270 g/mol. The molecule has 1 fully saturated rings. The van der Waals surface area contributed by atoms with Crippen molar-refractivity contribution in [3.63, 3.8) is 0 Å². The van der Waals surface area contributed by atoms with E-state index < -0.39 is 0 Å². The number of carbonyl (C=O) groups excluding carboxylic acids is 2. The fourth-order valence-corrected chi connectivity index (χ4v) is 3.14. The van der Waals surface area contributed by atoms with Gasteiger partial charge in [-0.1, -0.05) is 31.9 Å².